The van der Waals surface area contributed by atoms with Gasteiger partial charge in [-0.05, 0) is 61.7 Å². The number of fused-ring (bicyclic) bond motifs is 1. The van der Waals surface area contributed by atoms with Crippen molar-refractivity contribution in [3.63, 3.8) is 0 Å². The Morgan fingerprint density at radius 3 is 2.64 bits per heavy atom. The zero-order valence-electron chi connectivity index (χ0n) is 15.9. The largest absolute Gasteiger partial charge is 0.321 e. The molecule has 6 heteroatoms. The number of carbonyl (C=O) groups excluding carboxylic acids is 1. The number of halogens is 1. The fraction of sp³-hybridized carbons (Fsp3) is 0.182. The molecule has 1 N–H and O–H groups in total. The van der Waals surface area contributed by atoms with Gasteiger partial charge in [0, 0.05) is 11.1 Å². The van der Waals surface area contributed by atoms with Crippen molar-refractivity contribution >= 4 is 33.1 Å². The van der Waals surface area contributed by atoms with Crippen molar-refractivity contribution in [1.29, 1.82) is 0 Å². The van der Waals surface area contributed by atoms with Crippen molar-refractivity contribution in [2.24, 2.45) is 0 Å². The van der Waals surface area contributed by atoms with E-state index in [9.17, 15) is 9.18 Å². The van der Waals surface area contributed by atoms with Crippen LogP contribution in [0.25, 0.3) is 10.2 Å². The maximum atomic E-state index is 13.1. The van der Waals surface area contributed by atoms with E-state index in [1.165, 1.54) is 23.5 Å². The molecule has 2 aromatic heterocycles. The third kappa shape index (κ3) is 3.43. The smallest absolute Gasteiger partial charge is 0.265 e. The number of rotatable bonds is 4. The predicted molar refractivity (Wildman–Crippen MR) is 112 cm³/mol. The van der Waals surface area contributed by atoms with E-state index in [0.29, 0.717) is 11.4 Å². The Bertz CT molecular complexity index is 1170. The molecule has 4 rings (SSSR count). The van der Waals surface area contributed by atoms with Gasteiger partial charge in [0.15, 0.2) is 0 Å². The van der Waals surface area contributed by atoms with Crippen LogP contribution >= 0.6 is 11.3 Å². The lowest BCUT2D eigenvalue weighted by molar-refractivity contribution is 0.103. The molecule has 4 aromatic rings. The third-order valence-electron chi connectivity index (χ3n) is 4.93. The number of amides is 1. The van der Waals surface area contributed by atoms with Crippen molar-refractivity contribution in [1.82, 2.24) is 9.78 Å². The second-order valence-electron chi connectivity index (χ2n) is 6.90. The van der Waals surface area contributed by atoms with Crippen LogP contribution in [0, 0.1) is 26.6 Å². The van der Waals surface area contributed by atoms with Gasteiger partial charge >= 0.3 is 0 Å². The Labute approximate surface area is 166 Å². The monoisotopic (exact) mass is 393 g/mol. The minimum atomic E-state index is -0.257. The Balaban J connectivity index is 1.63. The lowest BCUT2D eigenvalue weighted by Crippen LogP contribution is -2.11. The minimum Gasteiger partial charge on any atom is -0.321 e. The van der Waals surface area contributed by atoms with Crippen molar-refractivity contribution in [2.75, 3.05) is 5.32 Å². The zero-order chi connectivity index (χ0) is 19.8. The Morgan fingerprint density at radius 1 is 1.14 bits per heavy atom. The molecular formula is C22H20FN3OS. The quantitative estimate of drug-likeness (QED) is 0.500. The Hall–Kier alpha value is -2.99. The molecule has 28 heavy (non-hydrogen) atoms. The summed E-state index contributed by atoms with van der Waals surface area (Å²) in [6, 6.07) is 14.2. The number of nitrogens with zero attached hydrogens (tertiary/aromatic N) is 2. The second kappa shape index (κ2) is 7.20. The number of thiophene rings is 1. The number of carbonyl (C=O) groups is 1. The van der Waals surface area contributed by atoms with E-state index in [1.54, 1.807) is 12.1 Å². The van der Waals surface area contributed by atoms with Gasteiger partial charge in [0.25, 0.3) is 5.91 Å². The zero-order valence-corrected chi connectivity index (χ0v) is 16.7. The molecule has 1 amide bonds. The molecule has 0 aliphatic rings. The van der Waals surface area contributed by atoms with Gasteiger partial charge in [-0.2, -0.15) is 5.10 Å². The maximum Gasteiger partial charge on any atom is 0.265 e. The van der Waals surface area contributed by atoms with E-state index in [4.69, 9.17) is 0 Å². The highest BCUT2D eigenvalue weighted by atomic mass is 32.1. The van der Waals surface area contributed by atoms with Crippen LogP contribution in [0.5, 0.6) is 0 Å². The third-order valence-corrected chi connectivity index (χ3v) is 6.08. The van der Waals surface area contributed by atoms with Gasteiger partial charge in [-0.1, -0.05) is 24.3 Å². The van der Waals surface area contributed by atoms with E-state index in [-0.39, 0.29) is 11.7 Å². The summed E-state index contributed by atoms with van der Waals surface area (Å²) in [6.07, 6.45) is 0. The lowest BCUT2D eigenvalue weighted by atomic mass is 10.1. The molecule has 0 atom stereocenters. The van der Waals surface area contributed by atoms with Crippen LogP contribution in [0.1, 0.15) is 32.1 Å². The van der Waals surface area contributed by atoms with Gasteiger partial charge in [-0.25, -0.2) is 4.39 Å². The van der Waals surface area contributed by atoms with Crippen LogP contribution in [0.3, 0.4) is 0 Å². The molecule has 0 saturated heterocycles. The summed E-state index contributed by atoms with van der Waals surface area (Å²) < 4.78 is 15.0. The first kappa shape index (κ1) is 18.4. The first-order valence-electron chi connectivity index (χ1n) is 9.01. The molecule has 0 aliphatic carbocycles. The normalized spacial score (nSPS) is 11.1. The average molecular weight is 393 g/mol. The van der Waals surface area contributed by atoms with Gasteiger partial charge in [0.05, 0.1) is 17.1 Å². The highest BCUT2D eigenvalue weighted by molar-refractivity contribution is 7.20. The van der Waals surface area contributed by atoms with Crippen LogP contribution in [0.15, 0.2) is 48.5 Å². The summed E-state index contributed by atoms with van der Waals surface area (Å²) in [4.78, 5) is 14.4. The summed E-state index contributed by atoms with van der Waals surface area (Å²) in [5.41, 5.74) is 4.86. The van der Waals surface area contributed by atoms with Gasteiger partial charge in [-0.3, -0.25) is 9.48 Å². The van der Waals surface area contributed by atoms with Crippen LogP contribution in [-0.4, -0.2) is 15.7 Å². The molecule has 0 radical (unpaired) electrons. The van der Waals surface area contributed by atoms with Crippen LogP contribution in [0.4, 0.5) is 10.1 Å². The molecule has 0 spiro atoms. The Morgan fingerprint density at radius 2 is 1.89 bits per heavy atom. The second-order valence-corrected chi connectivity index (χ2v) is 7.93. The number of benzene rings is 2. The lowest BCUT2D eigenvalue weighted by Gasteiger charge is -2.09. The molecule has 2 aromatic carbocycles. The van der Waals surface area contributed by atoms with Crippen molar-refractivity contribution in [2.45, 2.75) is 27.3 Å². The highest BCUT2D eigenvalue weighted by Crippen LogP contribution is 2.30. The number of anilines is 1. The molecule has 0 unspecified atom stereocenters. The topological polar surface area (TPSA) is 46.9 Å². The fourth-order valence-corrected chi connectivity index (χ4v) is 4.22. The molecule has 4 nitrogen and oxygen atoms in total. The van der Waals surface area contributed by atoms with E-state index in [0.717, 1.165) is 38.3 Å². The van der Waals surface area contributed by atoms with Crippen LogP contribution in [0.2, 0.25) is 0 Å². The minimum absolute atomic E-state index is 0.123. The summed E-state index contributed by atoms with van der Waals surface area (Å²) in [7, 11) is 0. The van der Waals surface area contributed by atoms with Crippen LogP contribution < -0.4 is 5.32 Å². The molecule has 2 heterocycles. The summed E-state index contributed by atoms with van der Waals surface area (Å²) in [5, 5.41) is 8.56. The maximum absolute atomic E-state index is 13.1. The van der Waals surface area contributed by atoms with E-state index >= 15 is 0 Å². The molecule has 142 valence electrons. The standard InChI is InChI=1S/C22H20FN3OS/c1-13-5-4-6-19(14(13)2)24-21(27)20-11-18-15(3)25-26(22(18)28-20)12-16-7-9-17(23)10-8-16/h4-11H,12H2,1-3H3,(H,24,27). The van der Waals surface area contributed by atoms with Gasteiger partial charge in [-0.15, -0.1) is 11.3 Å². The molecular weight excluding hydrogens is 373 g/mol. The Kier molecular flexibility index (Phi) is 4.73. The van der Waals surface area contributed by atoms with E-state index in [1.807, 2.05) is 49.7 Å². The van der Waals surface area contributed by atoms with E-state index < -0.39 is 0 Å². The number of aromatic nitrogens is 2. The summed E-state index contributed by atoms with van der Waals surface area (Å²) >= 11 is 1.42. The van der Waals surface area contributed by atoms with Gasteiger partial charge < -0.3 is 5.32 Å². The molecule has 0 fully saturated rings. The highest BCUT2D eigenvalue weighted by Gasteiger charge is 2.17. The van der Waals surface area contributed by atoms with Crippen molar-refractivity contribution < 1.29 is 9.18 Å². The first-order valence-corrected chi connectivity index (χ1v) is 9.83. The SMILES string of the molecule is Cc1cccc(NC(=O)c2cc3c(C)nn(Cc4ccc(F)cc4)c3s2)c1C. The van der Waals surface area contributed by atoms with E-state index in [2.05, 4.69) is 10.4 Å². The van der Waals surface area contributed by atoms with Gasteiger partial charge in [0.2, 0.25) is 0 Å². The molecule has 0 saturated carbocycles. The average Bonchev–Trinajstić information content (AvgIpc) is 3.23. The van der Waals surface area contributed by atoms with Crippen molar-refractivity contribution in [3.8, 4) is 0 Å². The van der Waals surface area contributed by atoms with Gasteiger partial charge in [0.1, 0.15) is 10.6 Å². The fourth-order valence-electron chi connectivity index (χ4n) is 3.16. The summed E-state index contributed by atoms with van der Waals surface area (Å²) in [5.74, 6) is -0.380. The number of aryl methyl sites for hydroxylation is 2. The number of hydrogen-bond acceptors (Lipinski definition) is 3. The van der Waals surface area contributed by atoms with Crippen molar-refractivity contribution in [3.05, 3.63) is 81.6 Å². The molecule has 0 bridgehead atoms. The molecule has 0 aliphatic heterocycles. The predicted octanol–water partition coefficient (Wildman–Crippen LogP) is 5.46. The first-order chi connectivity index (χ1) is 13.4. The summed E-state index contributed by atoms with van der Waals surface area (Å²) in [6.45, 7) is 6.49. The number of hydrogen-bond donors (Lipinski definition) is 1. The number of nitrogens with one attached hydrogen (secondary N) is 1. The van der Waals surface area contributed by atoms with Crippen LogP contribution in [-0.2, 0) is 6.54 Å².